The zero-order valence-corrected chi connectivity index (χ0v) is 26.5. The standard InChI is InChI=1S/C27H56O12Si/c1-5-6-27(28)38-25-23-36-21-19-34-17-15-32-13-11-30-9-7-29-8-10-31-12-14-33-16-18-35-20-22-37-24-26-39-40(2,3)4/h5-26H2,1-4H3. The summed E-state index contributed by atoms with van der Waals surface area (Å²) in [6.07, 6.45) is 1.23. The average Bonchev–Trinajstić information content (AvgIpc) is 2.91. The van der Waals surface area contributed by atoms with Crippen LogP contribution in [0.1, 0.15) is 19.8 Å². The minimum absolute atomic E-state index is 0.186. The van der Waals surface area contributed by atoms with Crippen LogP contribution in [0.3, 0.4) is 0 Å². The fraction of sp³-hybridized carbons (Fsp3) is 0.963. The van der Waals surface area contributed by atoms with E-state index in [2.05, 4.69) is 19.6 Å². The molecule has 0 N–H and O–H groups in total. The maximum absolute atomic E-state index is 11.2. The van der Waals surface area contributed by atoms with Crippen LogP contribution in [0, 0.1) is 0 Å². The predicted octanol–water partition coefficient (Wildman–Crippen LogP) is 2.33. The molecule has 0 saturated carbocycles. The summed E-state index contributed by atoms with van der Waals surface area (Å²) in [5.74, 6) is -0.186. The summed E-state index contributed by atoms with van der Waals surface area (Å²) < 4.78 is 59.6. The van der Waals surface area contributed by atoms with Crippen molar-refractivity contribution in [1.29, 1.82) is 0 Å². The van der Waals surface area contributed by atoms with E-state index in [0.29, 0.717) is 132 Å². The molecular formula is C27H56O12Si. The molecule has 0 unspecified atom stereocenters. The van der Waals surface area contributed by atoms with Crippen molar-refractivity contribution >= 4 is 14.3 Å². The highest BCUT2D eigenvalue weighted by Gasteiger charge is 2.13. The second-order valence-electron chi connectivity index (χ2n) is 9.44. The van der Waals surface area contributed by atoms with Crippen molar-refractivity contribution in [2.75, 3.05) is 132 Å². The molecule has 0 heterocycles. The molecule has 13 heteroatoms. The molecule has 40 heavy (non-hydrogen) atoms. The largest absolute Gasteiger partial charge is 0.463 e. The average molecular weight is 601 g/mol. The molecule has 0 aliphatic rings. The smallest absolute Gasteiger partial charge is 0.305 e. The lowest BCUT2D eigenvalue weighted by Gasteiger charge is -2.16. The number of carbonyl (C=O) groups is 1. The number of hydrogen-bond acceptors (Lipinski definition) is 12. The van der Waals surface area contributed by atoms with Crippen molar-refractivity contribution < 1.29 is 56.6 Å². The van der Waals surface area contributed by atoms with Crippen molar-refractivity contribution in [2.24, 2.45) is 0 Å². The fourth-order valence-corrected chi connectivity index (χ4v) is 3.45. The quantitative estimate of drug-likeness (QED) is 0.0625. The zero-order valence-electron chi connectivity index (χ0n) is 25.5. The maximum Gasteiger partial charge on any atom is 0.305 e. The summed E-state index contributed by atoms with van der Waals surface area (Å²) in [6.45, 7) is 18.5. The van der Waals surface area contributed by atoms with Gasteiger partial charge in [0.25, 0.3) is 0 Å². The molecule has 0 aromatic carbocycles. The molecule has 0 bridgehead atoms. The van der Waals surface area contributed by atoms with Crippen LogP contribution in [0.25, 0.3) is 0 Å². The lowest BCUT2D eigenvalue weighted by atomic mass is 10.3. The third-order valence-electron chi connectivity index (χ3n) is 4.68. The molecule has 0 atom stereocenters. The van der Waals surface area contributed by atoms with Gasteiger partial charge in [0.05, 0.1) is 126 Å². The molecule has 0 aromatic heterocycles. The van der Waals surface area contributed by atoms with E-state index in [-0.39, 0.29) is 12.6 Å². The van der Waals surface area contributed by atoms with Crippen LogP contribution in [-0.4, -0.2) is 146 Å². The Kier molecular flexibility index (Phi) is 30.7. The second kappa shape index (κ2) is 31.2. The van der Waals surface area contributed by atoms with Crippen molar-refractivity contribution in [3.63, 3.8) is 0 Å². The highest BCUT2D eigenvalue weighted by Crippen LogP contribution is 2.01. The molecule has 12 nitrogen and oxygen atoms in total. The fourth-order valence-electron chi connectivity index (χ4n) is 2.76. The van der Waals surface area contributed by atoms with Crippen molar-refractivity contribution in [2.45, 2.75) is 39.4 Å². The van der Waals surface area contributed by atoms with Crippen LogP contribution >= 0.6 is 0 Å². The van der Waals surface area contributed by atoms with E-state index in [1.807, 2.05) is 6.92 Å². The van der Waals surface area contributed by atoms with Crippen LogP contribution in [0.4, 0.5) is 0 Å². The first kappa shape index (κ1) is 39.3. The predicted molar refractivity (Wildman–Crippen MR) is 153 cm³/mol. The van der Waals surface area contributed by atoms with Gasteiger partial charge < -0.3 is 51.8 Å². The first-order valence-corrected chi connectivity index (χ1v) is 17.9. The van der Waals surface area contributed by atoms with Gasteiger partial charge in [-0.25, -0.2) is 0 Å². The van der Waals surface area contributed by atoms with E-state index in [1.165, 1.54) is 0 Å². The summed E-state index contributed by atoms with van der Waals surface area (Å²) in [4.78, 5) is 11.2. The Morgan fingerprint density at radius 2 is 0.675 bits per heavy atom. The van der Waals surface area contributed by atoms with E-state index in [0.717, 1.165) is 6.42 Å². The monoisotopic (exact) mass is 600 g/mol. The van der Waals surface area contributed by atoms with Crippen LogP contribution in [0.15, 0.2) is 0 Å². The first-order chi connectivity index (χ1) is 19.5. The molecule has 0 fully saturated rings. The van der Waals surface area contributed by atoms with Crippen molar-refractivity contribution in [3.8, 4) is 0 Å². The van der Waals surface area contributed by atoms with Gasteiger partial charge in [-0.3, -0.25) is 4.79 Å². The summed E-state index contributed by atoms with van der Waals surface area (Å²) in [7, 11) is -1.45. The minimum atomic E-state index is -1.45. The molecular weight excluding hydrogens is 544 g/mol. The minimum Gasteiger partial charge on any atom is -0.463 e. The van der Waals surface area contributed by atoms with Gasteiger partial charge in [-0.2, -0.15) is 0 Å². The van der Waals surface area contributed by atoms with Crippen LogP contribution < -0.4 is 0 Å². The molecule has 240 valence electrons. The number of ether oxygens (including phenoxy) is 10. The van der Waals surface area contributed by atoms with E-state index < -0.39 is 8.32 Å². The molecule has 0 rings (SSSR count). The van der Waals surface area contributed by atoms with Gasteiger partial charge in [-0.05, 0) is 26.1 Å². The van der Waals surface area contributed by atoms with E-state index >= 15 is 0 Å². The second-order valence-corrected chi connectivity index (χ2v) is 14.0. The number of hydrogen-bond donors (Lipinski definition) is 0. The van der Waals surface area contributed by atoms with Gasteiger partial charge in [0.1, 0.15) is 6.61 Å². The SMILES string of the molecule is CCCC(=O)OCCOCCOCCOCCOCCOCCOCCOCCOCCOCCO[Si](C)(C)C. The normalized spacial score (nSPS) is 11.8. The van der Waals surface area contributed by atoms with E-state index in [1.54, 1.807) is 0 Å². The van der Waals surface area contributed by atoms with Gasteiger partial charge in [0.15, 0.2) is 8.32 Å². The Labute approximate surface area is 242 Å². The highest BCUT2D eigenvalue weighted by molar-refractivity contribution is 6.69. The van der Waals surface area contributed by atoms with Gasteiger partial charge in [0.2, 0.25) is 0 Å². The van der Waals surface area contributed by atoms with Crippen LogP contribution in [-0.2, 0) is 56.6 Å². The Balaban J connectivity index is 3.07. The number of rotatable bonds is 33. The Morgan fingerprint density at radius 3 is 0.925 bits per heavy atom. The summed E-state index contributed by atoms with van der Waals surface area (Å²) >= 11 is 0. The van der Waals surface area contributed by atoms with E-state index in [9.17, 15) is 4.79 Å². The molecule has 0 aliphatic heterocycles. The summed E-state index contributed by atoms with van der Waals surface area (Å²) in [5, 5.41) is 0. The topological polar surface area (TPSA) is 119 Å². The van der Waals surface area contributed by atoms with E-state index in [4.69, 9.17) is 51.8 Å². The highest BCUT2D eigenvalue weighted by atomic mass is 28.4. The molecule has 0 amide bonds. The van der Waals surface area contributed by atoms with Crippen LogP contribution in [0.2, 0.25) is 19.6 Å². The Bertz CT molecular complexity index is 522. The molecule has 0 aromatic rings. The van der Waals surface area contributed by atoms with Gasteiger partial charge in [-0.1, -0.05) is 6.92 Å². The zero-order chi connectivity index (χ0) is 29.4. The van der Waals surface area contributed by atoms with Crippen molar-refractivity contribution in [3.05, 3.63) is 0 Å². The Morgan fingerprint density at radius 1 is 0.425 bits per heavy atom. The number of esters is 1. The Hall–Kier alpha value is -0.713. The third kappa shape index (κ3) is 35.3. The van der Waals surface area contributed by atoms with Crippen molar-refractivity contribution in [1.82, 2.24) is 0 Å². The first-order valence-electron chi connectivity index (χ1n) is 14.4. The van der Waals surface area contributed by atoms with Gasteiger partial charge >= 0.3 is 5.97 Å². The lowest BCUT2D eigenvalue weighted by molar-refractivity contribution is -0.145. The molecule has 0 saturated heterocycles. The van der Waals surface area contributed by atoms with Crippen LogP contribution in [0.5, 0.6) is 0 Å². The van der Waals surface area contributed by atoms with Gasteiger partial charge in [0, 0.05) is 6.42 Å². The summed E-state index contributed by atoms with van der Waals surface area (Å²) in [6, 6.07) is 0. The molecule has 0 aliphatic carbocycles. The lowest BCUT2D eigenvalue weighted by Crippen LogP contribution is -2.27. The maximum atomic E-state index is 11.2. The summed E-state index contributed by atoms with van der Waals surface area (Å²) in [5.41, 5.74) is 0. The molecule has 0 spiro atoms. The van der Waals surface area contributed by atoms with Gasteiger partial charge in [-0.15, -0.1) is 0 Å². The third-order valence-corrected chi connectivity index (χ3v) is 5.75. The number of carbonyl (C=O) groups excluding carboxylic acids is 1. The molecule has 0 radical (unpaired) electrons.